The third-order valence-electron chi connectivity index (χ3n) is 2.09. The Morgan fingerprint density at radius 3 is 2.18 bits per heavy atom. The summed E-state index contributed by atoms with van der Waals surface area (Å²) < 4.78 is 15.8. The van der Waals surface area contributed by atoms with E-state index >= 15 is 0 Å². The van der Waals surface area contributed by atoms with Crippen molar-refractivity contribution in [2.24, 2.45) is 0 Å². The van der Waals surface area contributed by atoms with Gasteiger partial charge in [-0.1, -0.05) is 6.08 Å². The fourth-order valence-electron chi connectivity index (χ4n) is 1.26. The van der Waals surface area contributed by atoms with Crippen molar-refractivity contribution in [2.75, 3.05) is 20.8 Å². The standard InChI is InChI=1S/C13H16O4/c1-15-11-8-12(16-2)10-13(9-11)17-7-5-3-4-6-14/h3-4,6,8-10H,5,7H2,1-2H3/b4-3+. The van der Waals surface area contributed by atoms with Crippen LogP contribution in [0.15, 0.2) is 30.4 Å². The highest BCUT2D eigenvalue weighted by Gasteiger charge is 2.02. The molecule has 0 bridgehead atoms. The van der Waals surface area contributed by atoms with Crippen molar-refractivity contribution in [1.82, 2.24) is 0 Å². The van der Waals surface area contributed by atoms with Gasteiger partial charge in [-0.05, 0) is 12.5 Å². The zero-order valence-corrected chi connectivity index (χ0v) is 10.0. The lowest BCUT2D eigenvalue weighted by atomic mass is 10.3. The number of carbonyl (C=O) groups excluding carboxylic acids is 1. The maximum atomic E-state index is 10.0. The van der Waals surface area contributed by atoms with Gasteiger partial charge in [-0.15, -0.1) is 0 Å². The number of aldehydes is 1. The van der Waals surface area contributed by atoms with Crippen LogP contribution in [0, 0.1) is 0 Å². The molecule has 0 aliphatic carbocycles. The van der Waals surface area contributed by atoms with E-state index in [9.17, 15) is 4.79 Å². The van der Waals surface area contributed by atoms with Gasteiger partial charge < -0.3 is 14.2 Å². The summed E-state index contributed by atoms with van der Waals surface area (Å²) in [6.07, 6.45) is 4.63. The van der Waals surface area contributed by atoms with Crippen LogP contribution in [0.25, 0.3) is 0 Å². The second kappa shape index (κ2) is 7.33. The predicted molar refractivity (Wildman–Crippen MR) is 64.9 cm³/mol. The average Bonchev–Trinajstić information content (AvgIpc) is 2.38. The summed E-state index contributed by atoms with van der Waals surface area (Å²) in [6.45, 7) is 0.501. The molecule has 0 N–H and O–H groups in total. The maximum Gasteiger partial charge on any atom is 0.142 e. The molecule has 0 radical (unpaired) electrons. The van der Waals surface area contributed by atoms with E-state index in [0.717, 1.165) is 6.29 Å². The van der Waals surface area contributed by atoms with Crippen molar-refractivity contribution in [2.45, 2.75) is 6.42 Å². The van der Waals surface area contributed by atoms with Crippen LogP contribution in [0.3, 0.4) is 0 Å². The quantitative estimate of drug-likeness (QED) is 0.413. The summed E-state index contributed by atoms with van der Waals surface area (Å²) in [6, 6.07) is 5.34. The van der Waals surface area contributed by atoms with Crippen molar-refractivity contribution < 1.29 is 19.0 Å². The zero-order valence-electron chi connectivity index (χ0n) is 10.0. The predicted octanol–water partition coefficient (Wildman–Crippen LogP) is 2.23. The van der Waals surface area contributed by atoms with E-state index in [1.165, 1.54) is 6.08 Å². The van der Waals surface area contributed by atoms with Crippen molar-refractivity contribution in [3.05, 3.63) is 30.4 Å². The third kappa shape index (κ3) is 4.59. The highest BCUT2D eigenvalue weighted by Crippen LogP contribution is 2.27. The van der Waals surface area contributed by atoms with E-state index in [0.29, 0.717) is 30.3 Å². The van der Waals surface area contributed by atoms with Crippen LogP contribution in [-0.4, -0.2) is 27.1 Å². The van der Waals surface area contributed by atoms with Crippen LogP contribution >= 0.6 is 0 Å². The van der Waals surface area contributed by atoms with E-state index in [1.807, 2.05) is 0 Å². The monoisotopic (exact) mass is 236 g/mol. The number of rotatable bonds is 7. The molecule has 0 aliphatic rings. The van der Waals surface area contributed by atoms with E-state index in [4.69, 9.17) is 14.2 Å². The van der Waals surface area contributed by atoms with Crippen LogP contribution in [0.4, 0.5) is 0 Å². The van der Waals surface area contributed by atoms with Crippen molar-refractivity contribution in [1.29, 1.82) is 0 Å². The van der Waals surface area contributed by atoms with E-state index in [-0.39, 0.29) is 0 Å². The summed E-state index contributed by atoms with van der Waals surface area (Å²) in [5.41, 5.74) is 0. The molecule has 0 saturated carbocycles. The number of methoxy groups -OCH3 is 2. The molecule has 0 aliphatic heterocycles. The molecule has 0 aromatic heterocycles. The minimum Gasteiger partial charge on any atom is -0.496 e. The van der Waals surface area contributed by atoms with Gasteiger partial charge in [0.1, 0.15) is 23.5 Å². The Balaban J connectivity index is 2.57. The molecule has 0 fully saturated rings. The molecule has 4 nitrogen and oxygen atoms in total. The van der Waals surface area contributed by atoms with Crippen molar-refractivity contribution >= 4 is 6.29 Å². The Kier molecular flexibility index (Phi) is 5.64. The maximum absolute atomic E-state index is 10.0. The van der Waals surface area contributed by atoms with Gasteiger partial charge in [-0.3, -0.25) is 4.79 Å². The normalized spacial score (nSPS) is 10.2. The molecular formula is C13H16O4. The number of carbonyl (C=O) groups is 1. The van der Waals surface area contributed by atoms with Crippen molar-refractivity contribution in [3.8, 4) is 17.2 Å². The van der Waals surface area contributed by atoms with Crippen LogP contribution < -0.4 is 14.2 Å². The molecule has 1 aromatic carbocycles. The summed E-state index contributed by atoms with van der Waals surface area (Å²) >= 11 is 0. The molecule has 0 unspecified atom stereocenters. The average molecular weight is 236 g/mol. The van der Waals surface area contributed by atoms with E-state index in [1.54, 1.807) is 38.5 Å². The topological polar surface area (TPSA) is 44.8 Å². The molecule has 0 spiro atoms. The molecule has 1 rings (SSSR count). The molecule has 4 heteroatoms. The van der Waals surface area contributed by atoms with Gasteiger partial charge in [0, 0.05) is 18.2 Å². The molecule has 92 valence electrons. The van der Waals surface area contributed by atoms with Gasteiger partial charge in [0.25, 0.3) is 0 Å². The first kappa shape index (κ1) is 13.1. The third-order valence-corrected chi connectivity index (χ3v) is 2.09. The molecule has 0 heterocycles. The highest BCUT2D eigenvalue weighted by molar-refractivity contribution is 5.64. The lowest BCUT2D eigenvalue weighted by Crippen LogP contribution is -1.97. The first-order valence-corrected chi connectivity index (χ1v) is 5.26. The van der Waals surface area contributed by atoms with Gasteiger partial charge in [0.05, 0.1) is 20.8 Å². The Labute approximate surface area is 101 Å². The van der Waals surface area contributed by atoms with Crippen molar-refractivity contribution in [3.63, 3.8) is 0 Å². The van der Waals surface area contributed by atoms with Crippen LogP contribution in [0.5, 0.6) is 17.2 Å². The largest absolute Gasteiger partial charge is 0.496 e. The van der Waals surface area contributed by atoms with Gasteiger partial charge in [0.15, 0.2) is 0 Å². The molecular weight excluding hydrogens is 220 g/mol. The number of benzene rings is 1. The molecule has 17 heavy (non-hydrogen) atoms. The summed E-state index contributed by atoms with van der Waals surface area (Å²) in [4.78, 5) is 10.0. The fourth-order valence-corrected chi connectivity index (χ4v) is 1.26. The molecule has 1 aromatic rings. The number of allylic oxidation sites excluding steroid dienone is 1. The van der Waals surface area contributed by atoms with E-state index in [2.05, 4.69) is 0 Å². The van der Waals surface area contributed by atoms with Crippen LogP contribution in [-0.2, 0) is 4.79 Å². The van der Waals surface area contributed by atoms with Gasteiger partial charge >= 0.3 is 0 Å². The molecule has 0 saturated heterocycles. The Hall–Kier alpha value is -1.97. The van der Waals surface area contributed by atoms with Crippen LogP contribution in [0.2, 0.25) is 0 Å². The Morgan fingerprint density at radius 2 is 1.65 bits per heavy atom. The minimum absolute atomic E-state index is 0.501. The van der Waals surface area contributed by atoms with Crippen LogP contribution in [0.1, 0.15) is 6.42 Å². The summed E-state index contributed by atoms with van der Waals surface area (Å²) in [5.74, 6) is 2.05. The van der Waals surface area contributed by atoms with Gasteiger partial charge in [-0.25, -0.2) is 0 Å². The lowest BCUT2D eigenvalue weighted by Gasteiger charge is -2.09. The Morgan fingerprint density at radius 1 is 1.06 bits per heavy atom. The number of hydrogen-bond donors (Lipinski definition) is 0. The molecule has 0 amide bonds. The molecule has 0 atom stereocenters. The van der Waals surface area contributed by atoms with Gasteiger partial charge in [-0.2, -0.15) is 0 Å². The zero-order chi connectivity index (χ0) is 12.5. The SMILES string of the molecule is COc1cc(OC)cc(OCC/C=C/C=O)c1. The lowest BCUT2D eigenvalue weighted by molar-refractivity contribution is -0.104. The number of ether oxygens (including phenoxy) is 3. The summed E-state index contributed by atoms with van der Waals surface area (Å²) in [7, 11) is 3.18. The summed E-state index contributed by atoms with van der Waals surface area (Å²) in [5, 5.41) is 0. The van der Waals surface area contributed by atoms with Gasteiger partial charge in [0.2, 0.25) is 0 Å². The van der Waals surface area contributed by atoms with E-state index < -0.39 is 0 Å². The number of hydrogen-bond acceptors (Lipinski definition) is 4. The first-order valence-electron chi connectivity index (χ1n) is 5.26. The first-order chi connectivity index (χ1) is 8.30. The minimum atomic E-state index is 0.501. The highest BCUT2D eigenvalue weighted by atomic mass is 16.5. The fraction of sp³-hybridized carbons (Fsp3) is 0.308. The smallest absolute Gasteiger partial charge is 0.142 e. The Bertz CT molecular complexity index is 363. The second-order valence-corrected chi connectivity index (χ2v) is 3.25. The second-order valence-electron chi connectivity index (χ2n) is 3.25.